The lowest BCUT2D eigenvalue weighted by atomic mass is 10.5. The van der Waals surface area contributed by atoms with Crippen molar-refractivity contribution in [2.24, 2.45) is 0 Å². The van der Waals surface area contributed by atoms with Crippen molar-refractivity contribution in [2.45, 2.75) is 26.4 Å². The van der Waals surface area contributed by atoms with Crippen molar-refractivity contribution in [2.75, 3.05) is 13.7 Å². The van der Waals surface area contributed by atoms with Gasteiger partial charge in [-0.25, -0.2) is 4.73 Å². The highest BCUT2D eigenvalue weighted by molar-refractivity contribution is 6.81. The minimum Gasteiger partial charge on any atom is -0.309 e. The minimum absolute atomic E-state index is 0.965. The minimum atomic E-state index is -1.49. The van der Waals surface area contributed by atoms with Gasteiger partial charge >= 0.3 is 0 Å². The zero-order valence-corrected chi connectivity index (χ0v) is 10.0. The second-order valence-corrected chi connectivity index (χ2v) is 8.02. The molecule has 0 N–H and O–H groups in total. The molecule has 0 unspecified atom stereocenters. The second-order valence-electron chi connectivity index (χ2n) is 3.76. The van der Waals surface area contributed by atoms with Gasteiger partial charge in [-0.1, -0.05) is 43.4 Å². The van der Waals surface area contributed by atoms with Crippen LogP contribution in [0.2, 0.25) is 13.1 Å². The number of hydrogen-bond donors (Lipinski definition) is 0. The molecule has 0 fully saturated rings. The van der Waals surface area contributed by atoms with Crippen LogP contribution in [0.1, 0.15) is 13.3 Å². The SMILES string of the molecule is CCN(OC)[Si](C)(C)C1=CC=CC1. The molecule has 0 saturated heterocycles. The quantitative estimate of drug-likeness (QED) is 0.507. The maximum atomic E-state index is 5.40. The Balaban J connectivity index is 2.74. The Kier molecular flexibility index (Phi) is 3.47. The molecule has 0 saturated carbocycles. The van der Waals surface area contributed by atoms with Crippen LogP contribution in [0.15, 0.2) is 23.4 Å². The maximum Gasteiger partial charge on any atom is 0.181 e. The van der Waals surface area contributed by atoms with Crippen molar-refractivity contribution in [1.82, 2.24) is 4.73 Å². The van der Waals surface area contributed by atoms with E-state index in [1.807, 2.05) is 0 Å². The number of rotatable bonds is 4. The lowest BCUT2D eigenvalue weighted by Gasteiger charge is -2.35. The van der Waals surface area contributed by atoms with E-state index < -0.39 is 8.24 Å². The lowest BCUT2D eigenvalue weighted by molar-refractivity contribution is -0.0563. The van der Waals surface area contributed by atoms with Crippen molar-refractivity contribution >= 4 is 8.24 Å². The van der Waals surface area contributed by atoms with Crippen LogP contribution in [0.4, 0.5) is 0 Å². The fraction of sp³-hybridized carbons (Fsp3) is 0.600. The van der Waals surface area contributed by atoms with Gasteiger partial charge in [0.1, 0.15) is 0 Å². The molecular formula is C10H19NOSi. The van der Waals surface area contributed by atoms with Crippen molar-refractivity contribution in [3.63, 3.8) is 0 Å². The Morgan fingerprint density at radius 1 is 1.54 bits per heavy atom. The Bertz CT molecular complexity index is 229. The van der Waals surface area contributed by atoms with Gasteiger partial charge in [-0.2, -0.15) is 0 Å². The molecule has 0 heterocycles. The molecule has 1 aliphatic carbocycles. The van der Waals surface area contributed by atoms with Crippen molar-refractivity contribution in [3.8, 4) is 0 Å². The van der Waals surface area contributed by atoms with E-state index in [1.165, 1.54) is 0 Å². The number of allylic oxidation sites excluding steroid dienone is 4. The molecule has 13 heavy (non-hydrogen) atoms. The zero-order valence-electron chi connectivity index (χ0n) is 9.00. The van der Waals surface area contributed by atoms with Crippen LogP contribution < -0.4 is 0 Å². The molecule has 0 aromatic rings. The monoisotopic (exact) mass is 197 g/mol. The van der Waals surface area contributed by atoms with E-state index in [2.05, 4.69) is 43.0 Å². The van der Waals surface area contributed by atoms with Crippen LogP contribution in [0.5, 0.6) is 0 Å². The van der Waals surface area contributed by atoms with E-state index in [0.717, 1.165) is 13.0 Å². The highest BCUT2D eigenvalue weighted by atomic mass is 28.3. The first-order valence-electron chi connectivity index (χ1n) is 4.80. The van der Waals surface area contributed by atoms with Gasteiger partial charge in [0.2, 0.25) is 0 Å². The Labute approximate surface area is 81.9 Å². The van der Waals surface area contributed by atoms with Crippen molar-refractivity contribution < 1.29 is 4.84 Å². The summed E-state index contributed by atoms with van der Waals surface area (Å²) in [6.07, 6.45) is 7.72. The van der Waals surface area contributed by atoms with E-state index >= 15 is 0 Å². The fourth-order valence-electron chi connectivity index (χ4n) is 1.81. The third-order valence-corrected chi connectivity index (χ3v) is 6.38. The average Bonchev–Trinajstić information content (AvgIpc) is 2.58. The molecule has 0 atom stereocenters. The molecule has 1 rings (SSSR count). The molecule has 0 aromatic carbocycles. The number of nitrogens with zero attached hydrogens (tertiary/aromatic N) is 1. The van der Waals surface area contributed by atoms with E-state index in [1.54, 1.807) is 12.3 Å². The summed E-state index contributed by atoms with van der Waals surface area (Å²) in [5.74, 6) is 0. The summed E-state index contributed by atoms with van der Waals surface area (Å²) < 4.78 is 2.14. The first kappa shape index (κ1) is 10.7. The summed E-state index contributed by atoms with van der Waals surface area (Å²) in [6, 6.07) is 0. The highest BCUT2D eigenvalue weighted by Gasteiger charge is 2.33. The summed E-state index contributed by atoms with van der Waals surface area (Å²) in [5.41, 5.74) is 0. The number of hydroxylamine groups is 1. The molecule has 0 radical (unpaired) electrons. The third-order valence-electron chi connectivity index (χ3n) is 2.69. The Hall–Kier alpha value is -0.383. The smallest absolute Gasteiger partial charge is 0.181 e. The normalized spacial score (nSPS) is 16.8. The molecular weight excluding hydrogens is 178 g/mol. The summed E-state index contributed by atoms with van der Waals surface area (Å²) >= 11 is 0. The molecule has 74 valence electrons. The lowest BCUT2D eigenvalue weighted by Crippen LogP contribution is -2.49. The van der Waals surface area contributed by atoms with Crippen LogP contribution in [0.25, 0.3) is 0 Å². The third kappa shape index (κ3) is 2.10. The van der Waals surface area contributed by atoms with Gasteiger partial charge < -0.3 is 4.84 Å². The second kappa shape index (κ2) is 4.22. The predicted molar refractivity (Wildman–Crippen MR) is 58.7 cm³/mol. The van der Waals surface area contributed by atoms with Crippen LogP contribution in [0.3, 0.4) is 0 Å². The molecule has 0 aromatic heterocycles. The topological polar surface area (TPSA) is 12.5 Å². The highest BCUT2D eigenvalue weighted by Crippen LogP contribution is 2.25. The van der Waals surface area contributed by atoms with Gasteiger partial charge in [0.25, 0.3) is 0 Å². The summed E-state index contributed by atoms with van der Waals surface area (Å²) in [5, 5.41) is 1.55. The first-order chi connectivity index (χ1) is 6.12. The molecule has 0 spiro atoms. The molecule has 0 bridgehead atoms. The number of hydrogen-bond acceptors (Lipinski definition) is 2. The predicted octanol–water partition coefficient (Wildman–Crippen LogP) is 2.50. The van der Waals surface area contributed by atoms with Crippen LogP contribution in [-0.2, 0) is 4.84 Å². The largest absolute Gasteiger partial charge is 0.309 e. The van der Waals surface area contributed by atoms with Gasteiger partial charge in [-0.15, -0.1) is 0 Å². The molecule has 0 aliphatic heterocycles. The standard InChI is InChI=1S/C10H19NOSi/c1-5-11(12-2)13(3,4)10-8-6-7-9-10/h6-8H,5,9H2,1-4H3. The van der Waals surface area contributed by atoms with Crippen molar-refractivity contribution in [3.05, 3.63) is 23.4 Å². The van der Waals surface area contributed by atoms with Gasteiger partial charge in [0.15, 0.2) is 8.24 Å². The molecule has 2 nitrogen and oxygen atoms in total. The maximum absolute atomic E-state index is 5.40. The molecule has 1 aliphatic rings. The van der Waals surface area contributed by atoms with E-state index in [4.69, 9.17) is 4.84 Å². The van der Waals surface area contributed by atoms with Crippen LogP contribution >= 0.6 is 0 Å². The fourth-order valence-corrected chi connectivity index (χ4v) is 4.50. The van der Waals surface area contributed by atoms with Crippen LogP contribution in [-0.4, -0.2) is 26.6 Å². The van der Waals surface area contributed by atoms with Crippen LogP contribution in [0, 0.1) is 0 Å². The summed E-state index contributed by atoms with van der Waals surface area (Å²) in [6.45, 7) is 7.77. The van der Waals surface area contributed by atoms with Gasteiger partial charge in [-0.3, -0.25) is 0 Å². The van der Waals surface area contributed by atoms with Gasteiger partial charge in [-0.05, 0) is 6.42 Å². The zero-order chi connectivity index (χ0) is 9.90. The molecule has 0 amide bonds. The Morgan fingerprint density at radius 3 is 2.62 bits per heavy atom. The first-order valence-corrected chi connectivity index (χ1v) is 7.75. The van der Waals surface area contributed by atoms with Gasteiger partial charge in [0, 0.05) is 6.54 Å². The Morgan fingerprint density at radius 2 is 2.23 bits per heavy atom. The van der Waals surface area contributed by atoms with Gasteiger partial charge in [0.05, 0.1) is 7.11 Å². The van der Waals surface area contributed by atoms with Crippen molar-refractivity contribution in [1.29, 1.82) is 0 Å². The van der Waals surface area contributed by atoms with E-state index in [9.17, 15) is 0 Å². The van der Waals surface area contributed by atoms with E-state index in [0.29, 0.717) is 0 Å². The summed E-state index contributed by atoms with van der Waals surface area (Å²) in [7, 11) is 0.275. The average molecular weight is 197 g/mol. The summed E-state index contributed by atoms with van der Waals surface area (Å²) in [4.78, 5) is 5.40. The molecule has 3 heteroatoms. The van der Waals surface area contributed by atoms with E-state index in [-0.39, 0.29) is 0 Å².